The first-order chi connectivity index (χ1) is 19.4. The Kier molecular flexibility index (Phi) is 4.14. The number of benzene rings is 4. The van der Waals surface area contributed by atoms with E-state index in [4.69, 9.17) is 9.40 Å². The van der Waals surface area contributed by atoms with Crippen LogP contribution in [0.2, 0.25) is 0 Å². The molecule has 0 N–H and O–H groups in total. The number of rotatable bonds is 2. The van der Waals surface area contributed by atoms with Crippen LogP contribution in [0.15, 0.2) is 114 Å². The molecular formula is C35H23N3O. The molecule has 0 spiro atoms. The first-order valence-corrected chi connectivity index (χ1v) is 13.4. The van der Waals surface area contributed by atoms with Crippen molar-refractivity contribution < 1.29 is 4.42 Å². The molecule has 1 aliphatic carbocycles. The van der Waals surface area contributed by atoms with Crippen molar-refractivity contribution in [3.05, 3.63) is 121 Å². The Labute approximate surface area is 224 Å². The number of furan rings is 1. The molecule has 0 atom stereocenters. The smallest absolute Gasteiger partial charge is 0.181 e. The van der Waals surface area contributed by atoms with E-state index in [-0.39, 0.29) is 0 Å². The van der Waals surface area contributed by atoms with Crippen molar-refractivity contribution in [3.8, 4) is 5.82 Å². The van der Waals surface area contributed by atoms with Crippen molar-refractivity contribution in [3.63, 3.8) is 0 Å². The molecule has 4 aromatic carbocycles. The van der Waals surface area contributed by atoms with Crippen LogP contribution in [-0.2, 0) is 6.42 Å². The predicted octanol–water partition coefficient (Wildman–Crippen LogP) is 8.98. The van der Waals surface area contributed by atoms with Gasteiger partial charge < -0.3 is 8.98 Å². The first kappa shape index (κ1) is 20.9. The lowest BCUT2D eigenvalue weighted by Crippen LogP contribution is -2.03. The van der Waals surface area contributed by atoms with E-state index in [2.05, 4.69) is 118 Å². The maximum atomic E-state index is 6.65. The summed E-state index contributed by atoms with van der Waals surface area (Å²) in [6.45, 7) is 0. The lowest BCUT2D eigenvalue weighted by molar-refractivity contribution is 0.544. The highest BCUT2D eigenvalue weighted by Gasteiger charge is 2.24. The van der Waals surface area contributed by atoms with Crippen molar-refractivity contribution >= 4 is 66.4 Å². The SMILES string of the molecule is C1=C(n2c3ccccc3c3ccccc32)CCc2oc3c(-n4c5ccccc5c5ccccc54)nccc3c21. The maximum absolute atomic E-state index is 6.65. The summed E-state index contributed by atoms with van der Waals surface area (Å²) in [6.07, 6.45) is 6.01. The molecule has 39 heavy (non-hydrogen) atoms. The third-order valence-electron chi connectivity index (χ3n) is 8.28. The molecule has 0 radical (unpaired) electrons. The number of pyridine rings is 1. The zero-order valence-corrected chi connectivity index (χ0v) is 21.1. The molecule has 4 aromatic heterocycles. The summed E-state index contributed by atoms with van der Waals surface area (Å²) in [6, 6.07) is 36.6. The molecule has 0 amide bonds. The van der Waals surface area contributed by atoms with Crippen molar-refractivity contribution in [2.45, 2.75) is 12.8 Å². The number of allylic oxidation sites excluding steroid dienone is 1. The fourth-order valence-corrected chi connectivity index (χ4v) is 6.62. The van der Waals surface area contributed by atoms with Crippen LogP contribution in [0.1, 0.15) is 17.7 Å². The molecule has 0 saturated heterocycles. The maximum Gasteiger partial charge on any atom is 0.181 e. The van der Waals surface area contributed by atoms with Crippen LogP contribution in [0.4, 0.5) is 0 Å². The normalized spacial score (nSPS) is 13.6. The highest BCUT2D eigenvalue weighted by molar-refractivity contribution is 6.12. The van der Waals surface area contributed by atoms with Crippen LogP contribution < -0.4 is 0 Å². The lowest BCUT2D eigenvalue weighted by Gasteiger charge is -2.16. The van der Waals surface area contributed by atoms with E-state index in [0.717, 1.165) is 52.0 Å². The Bertz CT molecular complexity index is 2190. The molecular weight excluding hydrogens is 478 g/mol. The molecule has 4 heteroatoms. The topological polar surface area (TPSA) is 35.9 Å². The second-order valence-corrected chi connectivity index (χ2v) is 10.3. The largest absolute Gasteiger partial charge is 0.456 e. The average molecular weight is 502 g/mol. The number of hydrogen-bond donors (Lipinski definition) is 0. The summed E-state index contributed by atoms with van der Waals surface area (Å²) in [5.74, 6) is 1.87. The molecule has 1 aliphatic rings. The third-order valence-corrected chi connectivity index (χ3v) is 8.28. The van der Waals surface area contributed by atoms with E-state index in [1.807, 2.05) is 6.20 Å². The molecule has 0 aliphatic heterocycles. The number of aromatic nitrogens is 3. The Morgan fingerprint density at radius 2 is 1.05 bits per heavy atom. The third kappa shape index (κ3) is 2.80. The van der Waals surface area contributed by atoms with Gasteiger partial charge in [0.25, 0.3) is 0 Å². The zero-order valence-electron chi connectivity index (χ0n) is 21.1. The van der Waals surface area contributed by atoms with E-state index in [1.54, 1.807) is 0 Å². The Hall–Kier alpha value is -5.09. The highest BCUT2D eigenvalue weighted by atomic mass is 16.3. The summed E-state index contributed by atoms with van der Waals surface area (Å²) in [4.78, 5) is 4.89. The van der Waals surface area contributed by atoms with Gasteiger partial charge in [-0.25, -0.2) is 4.98 Å². The van der Waals surface area contributed by atoms with Gasteiger partial charge in [-0.1, -0.05) is 72.8 Å². The second kappa shape index (κ2) is 7.71. The van der Waals surface area contributed by atoms with E-state index >= 15 is 0 Å². The van der Waals surface area contributed by atoms with Crippen LogP contribution in [0.5, 0.6) is 0 Å². The molecule has 4 nitrogen and oxygen atoms in total. The molecule has 8 aromatic rings. The van der Waals surface area contributed by atoms with Gasteiger partial charge in [0, 0.05) is 50.8 Å². The van der Waals surface area contributed by atoms with Crippen molar-refractivity contribution in [2.75, 3.05) is 0 Å². The van der Waals surface area contributed by atoms with Crippen LogP contribution in [-0.4, -0.2) is 14.1 Å². The van der Waals surface area contributed by atoms with E-state index in [0.29, 0.717) is 0 Å². The quantitative estimate of drug-likeness (QED) is 0.237. The Morgan fingerprint density at radius 1 is 0.538 bits per heavy atom. The molecule has 184 valence electrons. The van der Waals surface area contributed by atoms with Gasteiger partial charge in [0.1, 0.15) is 5.76 Å². The summed E-state index contributed by atoms with van der Waals surface area (Å²) in [5, 5.41) is 6.12. The standard InChI is InChI=1S/C35H23N3O/c1-5-13-29-23(9-1)24-10-2-6-14-30(24)37(29)22-17-18-33-28(21-22)27-19-20-36-35(34(27)39-33)38-31-15-7-3-11-25(31)26-12-4-8-16-32(26)38/h1-16,19-21H,17-18H2. The van der Waals surface area contributed by atoms with Crippen LogP contribution in [0.3, 0.4) is 0 Å². The minimum atomic E-state index is 0.839. The highest BCUT2D eigenvalue weighted by Crippen LogP contribution is 2.41. The van der Waals surface area contributed by atoms with Gasteiger partial charge in [-0.3, -0.25) is 4.57 Å². The van der Waals surface area contributed by atoms with Crippen LogP contribution in [0.25, 0.3) is 72.2 Å². The van der Waals surface area contributed by atoms with Crippen molar-refractivity contribution in [1.82, 2.24) is 14.1 Å². The predicted molar refractivity (Wildman–Crippen MR) is 160 cm³/mol. The Balaban J connectivity index is 1.31. The number of fused-ring (bicyclic) bond motifs is 9. The van der Waals surface area contributed by atoms with Crippen molar-refractivity contribution in [1.29, 1.82) is 0 Å². The van der Waals surface area contributed by atoms with Crippen molar-refractivity contribution in [2.24, 2.45) is 0 Å². The fourth-order valence-electron chi connectivity index (χ4n) is 6.62. The monoisotopic (exact) mass is 501 g/mol. The lowest BCUT2D eigenvalue weighted by atomic mass is 10.00. The van der Waals surface area contributed by atoms with Gasteiger partial charge in [-0.2, -0.15) is 0 Å². The van der Waals surface area contributed by atoms with E-state index < -0.39 is 0 Å². The fraction of sp³-hybridized carbons (Fsp3) is 0.0571. The molecule has 0 fully saturated rings. The van der Waals surface area contributed by atoms with Gasteiger partial charge in [-0.05, 0) is 42.8 Å². The molecule has 0 bridgehead atoms. The van der Waals surface area contributed by atoms with Gasteiger partial charge in [0.15, 0.2) is 11.4 Å². The van der Waals surface area contributed by atoms with E-state index in [9.17, 15) is 0 Å². The summed E-state index contributed by atoms with van der Waals surface area (Å²) >= 11 is 0. The Morgan fingerprint density at radius 3 is 1.62 bits per heavy atom. The van der Waals surface area contributed by atoms with Crippen LogP contribution >= 0.6 is 0 Å². The minimum absolute atomic E-state index is 0.839. The van der Waals surface area contributed by atoms with Crippen LogP contribution in [0, 0.1) is 0 Å². The zero-order chi connectivity index (χ0) is 25.5. The van der Waals surface area contributed by atoms with E-state index in [1.165, 1.54) is 38.3 Å². The number of hydrogen-bond acceptors (Lipinski definition) is 2. The molecule has 0 saturated carbocycles. The van der Waals surface area contributed by atoms with Gasteiger partial charge >= 0.3 is 0 Å². The van der Waals surface area contributed by atoms with Gasteiger partial charge in [0.05, 0.1) is 22.1 Å². The number of nitrogens with zero attached hydrogens (tertiary/aromatic N) is 3. The summed E-state index contributed by atoms with van der Waals surface area (Å²) in [5.41, 5.74) is 8.05. The first-order valence-electron chi connectivity index (χ1n) is 13.4. The van der Waals surface area contributed by atoms with Gasteiger partial charge in [0.2, 0.25) is 0 Å². The minimum Gasteiger partial charge on any atom is -0.456 e. The molecule has 9 rings (SSSR count). The second-order valence-electron chi connectivity index (χ2n) is 10.3. The summed E-state index contributed by atoms with van der Waals surface area (Å²) in [7, 11) is 0. The molecule has 4 heterocycles. The molecule has 0 unspecified atom stereocenters. The van der Waals surface area contributed by atoms with Gasteiger partial charge in [-0.15, -0.1) is 0 Å². The average Bonchev–Trinajstić information content (AvgIpc) is 3.65. The summed E-state index contributed by atoms with van der Waals surface area (Å²) < 4.78 is 11.3. The number of para-hydroxylation sites is 4. The number of aryl methyl sites for hydroxylation is 1.